The summed E-state index contributed by atoms with van der Waals surface area (Å²) in [6.45, 7) is 1.59. The van der Waals surface area contributed by atoms with Crippen LogP contribution >= 0.6 is 68.4 Å². The summed E-state index contributed by atoms with van der Waals surface area (Å²) >= 11 is 15.1. The molecular weight excluding hydrogens is 596 g/mol. The zero-order chi connectivity index (χ0) is 18.8. The standard InChI is InChI=1S/C16H11Cl2FI2N2O2/c1-8(12-6-11(17)7-13(18)14(12)24)22-23-15(25)9-2-4-10(5-3-9)16(19,20)21/h2-7,24H,1H3,(H,23,25)/b22-8+. The Kier molecular flexibility index (Phi) is 6.91. The molecule has 0 heterocycles. The Morgan fingerprint density at radius 3 is 2.40 bits per heavy atom. The maximum atomic E-state index is 13.8. The SMILES string of the molecule is C/C(=N\NC(=O)c1ccc(C(F)(I)I)cc1)c1cc(Cl)cc(Cl)c1O. The normalized spacial score (nSPS) is 12.2. The highest BCUT2D eigenvalue weighted by molar-refractivity contribution is 14.2. The number of carbonyl (C=O) groups excluding carboxylic acids is 1. The Hall–Kier alpha value is -0.650. The minimum atomic E-state index is -1.54. The second-order valence-corrected chi connectivity index (χ2v) is 10.9. The lowest BCUT2D eigenvalue weighted by Crippen LogP contribution is -2.19. The summed E-state index contributed by atoms with van der Waals surface area (Å²) in [7, 11) is 0. The van der Waals surface area contributed by atoms with E-state index >= 15 is 0 Å². The first-order valence-corrected chi connectivity index (χ1v) is 9.71. The highest BCUT2D eigenvalue weighted by Gasteiger charge is 2.23. The zero-order valence-corrected chi connectivity index (χ0v) is 18.5. The van der Waals surface area contributed by atoms with Gasteiger partial charge in [-0.3, -0.25) is 4.79 Å². The molecule has 0 atom stereocenters. The fourth-order valence-corrected chi connectivity index (χ4v) is 3.12. The fourth-order valence-electron chi connectivity index (χ4n) is 1.91. The first-order valence-electron chi connectivity index (χ1n) is 6.80. The van der Waals surface area contributed by atoms with Gasteiger partial charge < -0.3 is 5.11 Å². The average molecular weight is 607 g/mol. The van der Waals surface area contributed by atoms with E-state index in [-0.39, 0.29) is 10.8 Å². The molecule has 0 saturated heterocycles. The van der Waals surface area contributed by atoms with Gasteiger partial charge in [-0.25, -0.2) is 9.82 Å². The van der Waals surface area contributed by atoms with Gasteiger partial charge in [0.1, 0.15) is 5.75 Å². The predicted molar refractivity (Wildman–Crippen MR) is 115 cm³/mol. The molecule has 0 fully saturated rings. The molecule has 25 heavy (non-hydrogen) atoms. The molecule has 1 amide bonds. The van der Waals surface area contributed by atoms with Crippen molar-refractivity contribution in [2.24, 2.45) is 5.10 Å². The number of benzene rings is 2. The second kappa shape index (κ2) is 8.36. The topological polar surface area (TPSA) is 61.7 Å². The Balaban J connectivity index is 2.17. The van der Waals surface area contributed by atoms with Crippen LogP contribution in [-0.2, 0) is 1.68 Å². The van der Waals surface area contributed by atoms with Gasteiger partial charge in [0, 0.05) is 21.7 Å². The van der Waals surface area contributed by atoms with Gasteiger partial charge in [-0.15, -0.1) is 0 Å². The summed E-state index contributed by atoms with van der Waals surface area (Å²) in [6, 6.07) is 8.98. The zero-order valence-electron chi connectivity index (χ0n) is 12.7. The third-order valence-electron chi connectivity index (χ3n) is 3.22. The molecule has 0 aliphatic carbocycles. The lowest BCUT2D eigenvalue weighted by Gasteiger charge is -2.11. The van der Waals surface area contributed by atoms with Crippen LogP contribution in [0.15, 0.2) is 41.5 Å². The summed E-state index contributed by atoms with van der Waals surface area (Å²) in [5, 5.41) is 14.3. The van der Waals surface area contributed by atoms with E-state index in [9.17, 15) is 14.3 Å². The lowest BCUT2D eigenvalue weighted by atomic mass is 10.1. The van der Waals surface area contributed by atoms with E-state index in [2.05, 4.69) is 10.5 Å². The first-order chi connectivity index (χ1) is 11.6. The van der Waals surface area contributed by atoms with E-state index in [1.165, 1.54) is 36.4 Å². The van der Waals surface area contributed by atoms with Crippen LogP contribution in [0.25, 0.3) is 0 Å². The summed E-state index contributed by atoms with van der Waals surface area (Å²) in [4.78, 5) is 12.1. The van der Waals surface area contributed by atoms with Gasteiger partial charge in [0.05, 0.1) is 10.7 Å². The number of hydrogen-bond donors (Lipinski definition) is 2. The van der Waals surface area contributed by atoms with Crippen molar-refractivity contribution in [3.05, 3.63) is 63.1 Å². The largest absolute Gasteiger partial charge is 0.506 e. The number of phenolic OH excluding ortho intramolecular Hbond substituents is 1. The summed E-state index contributed by atoms with van der Waals surface area (Å²) < 4.78 is 12.3. The maximum absolute atomic E-state index is 13.8. The quantitative estimate of drug-likeness (QED) is 0.200. The van der Waals surface area contributed by atoms with Crippen molar-refractivity contribution in [1.82, 2.24) is 5.43 Å². The van der Waals surface area contributed by atoms with E-state index in [0.29, 0.717) is 27.4 Å². The average Bonchev–Trinajstić information content (AvgIpc) is 2.55. The molecule has 0 bridgehead atoms. The van der Waals surface area contributed by atoms with Crippen LogP contribution in [-0.4, -0.2) is 16.7 Å². The van der Waals surface area contributed by atoms with Crippen LogP contribution in [0.2, 0.25) is 10.0 Å². The molecule has 2 N–H and O–H groups in total. The molecule has 2 aromatic carbocycles. The number of carbonyl (C=O) groups is 1. The van der Waals surface area contributed by atoms with Crippen molar-refractivity contribution >= 4 is 80.0 Å². The van der Waals surface area contributed by atoms with Gasteiger partial charge in [0.25, 0.3) is 5.91 Å². The fraction of sp³-hybridized carbons (Fsp3) is 0.125. The highest BCUT2D eigenvalue weighted by Crippen LogP contribution is 2.40. The molecule has 0 radical (unpaired) electrons. The number of hydrogen-bond acceptors (Lipinski definition) is 3. The number of rotatable bonds is 4. The Morgan fingerprint density at radius 2 is 1.84 bits per heavy atom. The van der Waals surface area contributed by atoms with Crippen molar-refractivity contribution in [3.63, 3.8) is 0 Å². The molecule has 0 aliphatic rings. The van der Waals surface area contributed by atoms with Gasteiger partial charge in [-0.1, -0.05) is 35.3 Å². The summed E-state index contributed by atoms with van der Waals surface area (Å²) in [5.41, 5.74) is 3.79. The molecular formula is C16H11Cl2FI2N2O2. The van der Waals surface area contributed by atoms with E-state index < -0.39 is 7.59 Å². The lowest BCUT2D eigenvalue weighted by molar-refractivity contribution is 0.0954. The molecule has 0 saturated carbocycles. The predicted octanol–water partition coefficient (Wildman–Crippen LogP) is 5.80. The molecule has 0 unspecified atom stereocenters. The molecule has 2 rings (SSSR count). The third-order valence-corrected chi connectivity index (χ3v) is 4.97. The second-order valence-electron chi connectivity index (χ2n) is 5.00. The molecule has 0 aliphatic heterocycles. The number of hydrazone groups is 1. The van der Waals surface area contributed by atoms with Crippen LogP contribution in [0.4, 0.5) is 4.39 Å². The maximum Gasteiger partial charge on any atom is 0.271 e. The number of nitrogens with one attached hydrogen (secondary N) is 1. The molecule has 132 valence electrons. The smallest absolute Gasteiger partial charge is 0.271 e. The molecule has 0 aromatic heterocycles. The van der Waals surface area contributed by atoms with E-state index in [1.54, 1.807) is 52.1 Å². The van der Waals surface area contributed by atoms with E-state index in [4.69, 9.17) is 23.2 Å². The summed E-state index contributed by atoms with van der Waals surface area (Å²) in [5.74, 6) is -0.640. The number of alkyl halides is 3. The van der Waals surface area contributed by atoms with Crippen LogP contribution < -0.4 is 5.43 Å². The molecule has 4 nitrogen and oxygen atoms in total. The molecule has 2 aromatic rings. The van der Waals surface area contributed by atoms with Crippen LogP contribution in [0.1, 0.15) is 28.4 Å². The van der Waals surface area contributed by atoms with Crippen LogP contribution in [0.3, 0.4) is 0 Å². The van der Waals surface area contributed by atoms with Crippen molar-refractivity contribution in [2.45, 2.75) is 8.61 Å². The number of nitrogens with zero attached hydrogens (tertiary/aromatic N) is 1. The van der Waals surface area contributed by atoms with Gasteiger partial charge in [0.2, 0.25) is 1.68 Å². The number of phenols is 1. The highest BCUT2D eigenvalue weighted by atomic mass is 127. The van der Waals surface area contributed by atoms with E-state index in [0.717, 1.165) is 0 Å². The van der Waals surface area contributed by atoms with Crippen molar-refractivity contribution in [1.29, 1.82) is 0 Å². The van der Waals surface area contributed by atoms with Crippen LogP contribution in [0.5, 0.6) is 5.75 Å². The number of aromatic hydroxyl groups is 1. The molecule has 0 spiro atoms. The van der Waals surface area contributed by atoms with Gasteiger partial charge in [-0.2, -0.15) is 5.10 Å². The Labute approximate surface area is 181 Å². The van der Waals surface area contributed by atoms with E-state index in [1.807, 2.05) is 0 Å². The minimum absolute atomic E-state index is 0.0891. The Bertz CT molecular complexity index is 837. The van der Waals surface area contributed by atoms with Gasteiger partial charge >= 0.3 is 0 Å². The number of amides is 1. The minimum Gasteiger partial charge on any atom is -0.506 e. The monoisotopic (exact) mass is 606 g/mol. The van der Waals surface area contributed by atoms with Crippen molar-refractivity contribution in [3.8, 4) is 5.75 Å². The molecule has 9 heteroatoms. The summed E-state index contributed by atoms with van der Waals surface area (Å²) in [6.07, 6.45) is 0. The first kappa shape index (κ1) is 20.7. The third kappa shape index (κ3) is 5.41. The Morgan fingerprint density at radius 1 is 1.24 bits per heavy atom. The number of halogens is 5. The van der Waals surface area contributed by atoms with Crippen molar-refractivity contribution in [2.75, 3.05) is 0 Å². The van der Waals surface area contributed by atoms with Crippen LogP contribution in [0, 0.1) is 0 Å². The van der Waals surface area contributed by atoms with Gasteiger partial charge in [-0.05, 0) is 76.4 Å². The van der Waals surface area contributed by atoms with Gasteiger partial charge in [0.15, 0.2) is 0 Å². The van der Waals surface area contributed by atoms with Crippen molar-refractivity contribution < 1.29 is 14.3 Å².